The Bertz CT molecular complexity index is 866. The van der Waals surface area contributed by atoms with Crippen LogP contribution in [0.2, 0.25) is 5.02 Å². The first-order valence-corrected chi connectivity index (χ1v) is 8.54. The largest absolute Gasteiger partial charge is 0.495 e. The number of nitrogens with one attached hydrogen (secondary N) is 1. The van der Waals surface area contributed by atoms with Crippen LogP contribution in [0.5, 0.6) is 11.5 Å². The van der Waals surface area contributed by atoms with Gasteiger partial charge in [-0.1, -0.05) is 11.6 Å². The van der Waals surface area contributed by atoms with Crippen LogP contribution in [-0.2, 0) is 10.0 Å². The molecule has 0 saturated carbocycles. The van der Waals surface area contributed by atoms with Gasteiger partial charge in [0.2, 0.25) is 10.0 Å². The molecule has 9 heteroatoms. The van der Waals surface area contributed by atoms with Crippen LogP contribution in [0, 0.1) is 0 Å². The number of methoxy groups -OCH3 is 2. The van der Waals surface area contributed by atoms with E-state index in [9.17, 15) is 13.2 Å². The number of amides is 1. The van der Waals surface area contributed by atoms with E-state index in [1.54, 1.807) is 0 Å². The molecule has 0 aliphatic rings. The van der Waals surface area contributed by atoms with Crippen molar-refractivity contribution in [1.82, 2.24) is 0 Å². The van der Waals surface area contributed by atoms with Crippen molar-refractivity contribution in [3.8, 4) is 11.5 Å². The van der Waals surface area contributed by atoms with Gasteiger partial charge in [-0.15, -0.1) is 0 Å². The first-order valence-electron chi connectivity index (χ1n) is 6.62. The van der Waals surface area contributed by atoms with Gasteiger partial charge in [-0.2, -0.15) is 0 Å². The topological polar surface area (TPSA) is 108 Å². The smallest absolute Gasteiger partial charge is 0.255 e. The second-order valence-corrected chi connectivity index (χ2v) is 6.68. The van der Waals surface area contributed by atoms with Crippen LogP contribution >= 0.6 is 11.6 Å². The van der Waals surface area contributed by atoms with E-state index in [0.717, 1.165) is 0 Å². The first kappa shape index (κ1) is 18.1. The zero-order valence-electron chi connectivity index (χ0n) is 12.9. The first-order chi connectivity index (χ1) is 11.3. The number of nitrogens with two attached hydrogens (primary N) is 1. The second kappa shape index (κ2) is 7.08. The van der Waals surface area contributed by atoms with Crippen LogP contribution in [0.1, 0.15) is 10.4 Å². The minimum absolute atomic E-state index is 0.0789. The third kappa shape index (κ3) is 3.97. The Labute approximate surface area is 144 Å². The number of rotatable bonds is 5. The Morgan fingerprint density at radius 2 is 1.67 bits per heavy atom. The summed E-state index contributed by atoms with van der Waals surface area (Å²) in [5.41, 5.74) is 0.609. The van der Waals surface area contributed by atoms with E-state index in [0.29, 0.717) is 22.2 Å². The molecule has 0 fully saturated rings. The number of sulfonamides is 1. The third-order valence-electron chi connectivity index (χ3n) is 3.17. The molecule has 0 heterocycles. The van der Waals surface area contributed by atoms with Crippen molar-refractivity contribution < 1.29 is 22.7 Å². The molecule has 0 radical (unpaired) electrons. The maximum atomic E-state index is 12.3. The van der Waals surface area contributed by atoms with E-state index in [1.165, 1.54) is 50.6 Å². The zero-order valence-corrected chi connectivity index (χ0v) is 14.4. The third-order valence-corrected chi connectivity index (χ3v) is 4.39. The minimum atomic E-state index is -3.81. The van der Waals surface area contributed by atoms with Crippen molar-refractivity contribution in [1.29, 1.82) is 0 Å². The second-order valence-electron chi connectivity index (χ2n) is 4.71. The number of hydrogen-bond donors (Lipinski definition) is 2. The molecule has 128 valence electrons. The molecule has 24 heavy (non-hydrogen) atoms. The molecular formula is C15H15ClN2O5S. The molecule has 2 rings (SSSR count). The monoisotopic (exact) mass is 370 g/mol. The highest BCUT2D eigenvalue weighted by Crippen LogP contribution is 2.36. The van der Waals surface area contributed by atoms with Gasteiger partial charge in [-0.3, -0.25) is 4.79 Å². The summed E-state index contributed by atoms with van der Waals surface area (Å²) in [5, 5.41) is 8.01. The summed E-state index contributed by atoms with van der Waals surface area (Å²) in [7, 11) is -0.923. The van der Waals surface area contributed by atoms with Gasteiger partial charge in [-0.25, -0.2) is 13.6 Å². The van der Waals surface area contributed by atoms with Crippen molar-refractivity contribution in [2.45, 2.75) is 4.90 Å². The quantitative estimate of drug-likeness (QED) is 0.839. The number of anilines is 1. The SMILES string of the molecule is COc1cc(NC(=O)c2ccc(S(N)(=O)=O)cc2)c(OC)cc1Cl. The highest BCUT2D eigenvalue weighted by Gasteiger charge is 2.15. The normalized spacial score (nSPS) is 11.0. The summed E-state index contributed by atoms with van der Waals surface area (Å²) >= 11 is 6.01. The van der Waals surface area contributed by atoms with Crippen LogP contribution in [0.25, 0.3) is 0 Å². The predicted molar refractivity (Wildman–Crippen MR) is 90.3 cm³/mol. The minimum Gasteiger partial charge on any atom is -0.495 e. The lowest BCUT2D eigenvalue weighted by Crippen LogP contribution is -2.15. The van der Waals surface area contributed by atoms with Crippen LogP contribution < -0.4 is 19.9 Å². The van der Waals surface area contributed by atoms with Gasteiger partial charge in [0.15, 0.2) is 0 Å². The van der Waals surface area contributed by atoms with E-state index in [4.69, 9.17) is 26.2 Å². The molecule has 0 saturated heterocycles. The van der Waals surface area contributed by atoms with Gasteiger partial charge in [0, 0.05) is 17.7 Å². The highest BCUT2D eigenvalue weighted by molar-refractivity contribution is 7.89. The van der Waals surface area contributed by atoms with E-state index in [2.05, 4.69) is 5.32 Å². The molecule has 0 spiro atoms. The van der Waals surface area contributed by atoms with Crippen molar-refractivity contribution in [3.63, 3.8) is 0 Å². The fourth-order valence-corrected chi connectivity index (χ4v) is 2.69. The van der Waals surface area contributed by atoms with Gasteiger partial charge >= 0.3 is 0 Å². The van der Waals surface area contributed by atoms with Gasteiger partial charge < -0.3 is 14.8 Å². The van der Waals surface area contributed by atoms with Crippen molar-refractivity contribution in [2.75, 3.05) is 19.5 Å². The van der Waals surface area contributed by atoms with Crippen molar-refractivity contribution >= 4 is 33.2 Å². The summed E-state index contributed by atoms with van der Waals surface area (Å²) in [6.07, 6.45) is 0. The number of primary sulfonamides is 1. The van der Waals surface area contributed by atoms with E-state index < -0.39 is 15.9 Å². The van der Waals surface area contributed by atoms with E-state index in [1.807, 2.05) is 0 Å². The Balaban J connectivity index is 2.29. The fourth-order valence-electron chi connectivity index (χ4n) is 1.95. The van der Waals surface area contributed by atoms with E-state index >= 15 is 0 Å². The summed E-state index contributed by atoms with van der Waals surface area (Å²) in [4.78, 5) is 12.2. The summed E-state index contributed by atoms with van der Waals surface area (Å²) < 4.78 is 32.7. The lowest BCUT2D eigenvalue weighted by Gasteiger charge is -2.13. The Kier molecular flexibility index (Phi) is 5.33. The van der Waals surface area contributed by atoms with Crippen LogP contribution in [0.3, 0.4) is 0 Å². The molecule has 0 unspecified atom stereocenters. The van der Waals surface area contributed by atoms with Gasteiger partial charge in [0.1, 0.15) is 11.5 Å². The van der Waals surface area contributed by atoms with E-state index in [-0.39, 0.29) is 10.5 Å². The Hall–Kier alpha value is -2.29. The predicted octanol–water partition coefficient (Wildman–Crippen LogP) is 2.26. The number of halogens is 1. The average Bonchev–Trinajstić information content (AvgIpc) is 2.55. The number of hydrogen-bond acceptors (Lipinski definition) is 5. The molecule has 1 amide bonds. The molecule has 0 aliphatic carbocycles. The fraction of sp³-hybridized carbons (Fsp3) is 0.133. The number of carbonyl (C=O) groups is 1. The Morgan fingerprint density at radius 3 is 2.17 bits per heavy atom. The molecular weight excluding hydrogens is 356 g/mol. The number of benzene rings is 2. The van der Waals surface area contributed by atoms with Gasteiger partial charge in [0.05, 0.1) is 29.8 Å². The maximum absolute atomic E-state index is 12.3. The van der Waals surface area contributed by atoms with Crippen molar-refractivity contribution in [3.05, 3.63) is 47.0 Å². The lowest BCUT2D eigenvalue weighted by molar-refractivity contribution is 0.102. The highest BCUT2D eigenvalue weighted by atomic mass is 35.5. The molecule has 7 nitrogen and oxygen atoms in total. The number of ether oxygens (including phenoxy) is 2. The standard InChI is InChI=1S/C15H15ClN2O5S/c1-22-13-8-12(14(23-2)7-11(13)16)18-15(19)9-3-5-10(6-4-9)24(17,20)21/h3-8H,1-2H3,(H,18,19)(H2,17,20,21). The van der Waals surface area contributed by atoms with Crippen LogP contribution in [0.4, 0.5) is 5.69 Å². The van der Waals surface area contributed by atoms with Crippen LogP contribution in [-0.4, -0.2) is 28.5 Å². The molecule has 2 aromatic carbocycles. The summed E-state index contributed by atoms with van der Waals surface area (Å²) in [6.45, 7) is 0. The molecule has 0 atom stereocenters. The van der Waals surface area contributed by atoms with Gasteiger partial charge in [0.25, 0.3) is 5.91 Å². The molecule has 2 aromatic rings. The lowest BCUT2D eigenvalue weighted by atomic mass is 10.2. The van der Waals surface area contributed by atoms with Gasteiger partial charge in [-0.05, 0) is 24.3 Å². The van der Waals surface area contributed by atoms with Crippen LogP contribution in [0.15, 0.2) is 41.3 Å². The van der Waals surface area contributed by atoms with Crippen molar-refractivity contribution in [2.24, 2.45) is 5.14 Å². The number of carbonyl (C=O) groups excluding carboxylic acids is 1. The summed E-state index contributed by atoms with van der Waals surface area (Å²) in [6, 6.07) is 8.26. The maximum Gasteiger partial charge on any atom is 0.255 e. The molecule has 3 N–H and O–H groups in total. The zero-order chi connectivity index (χ0) is 17.9. The average molecular weight is 371 g/mol. The summed E-state index contributed by atoms with van der Waals surface area (Å²) in [5.74, 6) is 0.270. The molecule has 0 bridgehead atoms. The molecule has 0 aromatic heterocycles. The molecule has 0 aliphatic heterocycles. The Morgan fingerprint density at radius 1 is 1.08 bits per heavy atom.